The normalized spacial score (nSPS) is 16.5. The Morgan fingerprint density at radius 2 is 2.10 bits per heavy atom. The lowest BCUT2D eigenvalue weighted by atomic mass is 10.0. The van der Waals surface area contributed by atoms with E-state index in [2.05, 4.69) is 5.10 Å². The molecule has 1 aliphatic heterocycles. The summed E-state index contributed by atoms with van der Waals surface area (Å²) in [6.45, 7) is 3.21. The highest BCUT2D eigenvalue weighted by molar-refractivity contribution is 5.67. The Bertz CT molecular complexity index is 618. The molecule has 0 bridgehead atoms. The van der Waals surface area contributed by atoms with Crippen LogP contribution in [0.2, 0.25) is 0 Å². The lowest BCUT2D eigenvalue weighted by molar-refractivity contribution is 0.0662. The molecule has 1 fully saturated rings. The molecule has 0 radical (unpaired) electrons. The minimum absolute atomic E-state index is 0.267. The summed E-state index contributed by atoms with van der Waals surface area (Å²) in [5.74, 6) is -0.267. The van der Waals surface area contributed by atoms with Crippen LogP contribution in [0.5, 0.6) is 0 Å². The van der Waals surface area contributed by atoms with Crippen molar-refractivity contribution in [2.24, 2.45) is 0 Å². The highest BCUT2D eigenvalue weighted by Crippen LogP contribution is 2.29. The van der Waals surface area contributed by atoms with E-state index >= 15 is 0 Å². The third-order valence-electron chi connectivity index (χ3n) is 3.91. The Hall–Kier alpha value is -1.88. The quantitative estimate of drug-likeness (QED) is 0.857. The second kappa shape index (κ2) is 5.25. The van der Waals surface area contributed by atoms with E-state index in [-0.39, 0.29) is 5.82 Å². The maximum Gasteiger partial charge on any atom is 0.136 e. The number of halogens is 1. The SMILES string of the molecule is Cc1c(N)ccc(-c2cnn(C3CCOCC3)c2)c1F. The molecule has 1 saturated heterocycles. The fourth-order valence-corrected chi connectivity index (χ4v) is 2.55. The third-order valence-corrected chi connectivity index (χ3v) is 3.91. The monoisotopic (exact) mass is 275 g/mol. The van der Waals surface area contributed by atoms with E-state index in [1.165, 1.54) is 0 Å². The molecule has 1 aromatic carbocycles. The minimum atomic E-state index is -0.267. The Morgan fingerprint density at radius 3 is 2.85 bits per heavy atom. The zero-order chi connectivity index (χ0) is 14.1. The number of rotatable bonds is 2. The second-order valence-electron chi connectivity index (χ2n) is 5.19. The summed E-state index contributed by atoms with van der Waals surface area (Å²) < 4.78 is 21.5. The predicted octanol–water partition coefficient (Wildman–Crippen LogP) is 2.93. The average molecular weight is 275 g/mol. The molecule has 5 heteroatoms. The fraction of sp³-hybridized carbons (Fsp3) is 0.400. The first kappa shape index (κ1) is 13.1. The molecule has 0 unspecified atom stereocenters. The van der Waals surface area contributed by atoms with E-state index in [1.54, 1.807) is 25.3 Å². The van der Waals surface area contributed by atoms with Crippen LogP contribution < -0.4 is 5.73 Å². The standard InChI is InChI=1S/C15H18FN3O/c1-10-14(17)3-2-13(15(10)16)11-8-18-19(9-11)12-4-6-20-7-5-12/h2-3,8-9,12H,4-7,17H2,1H3. The van der Waals surface area contributed by atoms with Gasteiger partial charge in [-0.3, -0.25) is 4.68 Å². The highest BCUT2D eigenvalue weighted by Gasteiger charge is 2.18. The first-order chi connectivity index (χ1) is 9.66. The van der Waals surface area contributed by atoms with Gasteiger partial charge in [0.15, 0.2) is 0 Å². The minimum Gasteiger partial charge on any atom is -0.398 e. The van der Waals surface area contributed by atoms with Crippen molar-refractivity contribution in [3.05, 3.63) is 35.9 Å². The Labute approximate surface area is 117 Å². The van der Waals surface area contributed by atoms with Crippen molar-refractivity contribution in [1.82, 2.24) is 9.78 Å². The van der Waals surface area contributed by atoms with E-state index < -0.39 is 0 Å². The number of benzene rings is 1. The molecule has 0 aliphatic carbocycles. The first-order valence-electron chi connectivity index (χ1n) is 6.83. The molecule has 0 spiro atoms. The maximum absolute atomic E-state index is 14.3. The van der Waals surface area contributed by atoms with Crippen LogP contribution in [0.25, 0.3) is 11.1 Å². The fourth-order valence-electron chi connectivity index (χ4n) is 2.55. The highest BCUT2D eigenvalue weighted by atomic mass is 19.1. The lowest BCUT2D eigenvalue weighted by Gasteiger charge is -2.22. The van der Waals surface area contributed by atoms with Crippen LogP contribution in [0.3, 0.4) is 0 Å². The van der Waals surface area contributed by atoms with E-state index in [0.717, 1.165) is 31.6 Å². The Balaban J connectivity index is 1.92. The molecule has 106 valence electrons. The molecule has 0 amide bonds. The molecule has 2 heterocycles. The zero-order valence-electron chi connectivity index (χ0n) is 11.5. The molecule has 2 aromatic rings. The van der Waals surface area contributed by atoms with Gasteiger partial charge in [-0.25, -0.2) is 4.39 Å². The summed E-state index contributed by atoms with van der Waals surface area (Å²) in [4.78, 5) is 0. The molecule has 4 nitrogen and oxygen atoms in total. The summed E-state index contributed by atoms with van der Waals surface area (Å²) in [5.41, 5.74) is 8.02. The van der Waals surface area contributed by atoms with Crippen molar-refractivity contribution in [3.8, 4) is 11.1 Å². The third kappa shape index (κ3) is 2.29. The van der Waals surface area contributed by atoms with Crippen LogP contribution in [0.4, 0.5) is 10.1 Å². The van der Waals surface area contributed by atoms with Crippen LogP contribution in [0.15, 0.2) is 24.5 Å². The molecular formula is C15H18FN3O. The van der Waals surface area contributed by atoms with Gasteiger partial charge in [0.1, 0.15) is 5.82 Å². The molecule has 1 aromatic heterocycles. The number of aromatic nitrogens is 2. The topological polar surface area (TPSA) is 53.1 Å². The van der Waals surface area contributed by atoms with Crippen LogP contribution in [0.1, 0.15) is 24.4 Å². The van der Waals surface area contributed by atoms with Gasteiger partial charge in [0.05, 0.1) is 12.2 Å². The number of anilines is 1. The summed E-state index contributed by atoms with van der Waals surface area (Å²) >= 11 is 0. The van der Waals surface area contributed by atoms with E-state index in [9.17, 15) is 4.39 Å². The molecule has 1 aliphatic rings. The van der Waals surface area contributed by atoms with Crippen molar-refractivity contribution in [1.29, 1.82) is 0 Å². The van der Waals surface area contributed by atoms with Gasteiger partial charge in [0.25, 0.3) is 0 Å². The maximum atomic E-state index is 14.3. The van der Waals surface area contributed by atoms with E-state index in [0.29, 0.717) is 22.9 Å². The van der Waals surface area contributed by atoms with Gasteiger partial charge in [0.2, 0.25) is 0 Å². The number of nitrogens with two attached hydrogens (primary N) is 1. The van der Waals surface area contributed by atoms with Gasteiger partial charge >= 0.3 is 0 Å². The van der Waals surface area contributed by atoms with E-state index in [1.807, 2.05) is 10.9 Å². The zero-order valence-corrected chi connectivity index (χ0v) is 11.5. The molecule has 20 heavy (non-hydrogen) atoms. The van der Waals surface area contributed by atoms with Gasteiger partial charge in [-0.15, -0.1) is 0 Å². The van der Waals surface area contributed by atoms with Crippen molar-refractivity contribution in [2.75, 3.05) is 18.9 Å². The average Bonchev–Trinajstić information content (AvgIpc) is 2.95. The Kier molecular flexibility index (Phi) is 3.44. The summed E-state index contributed by atoms with van der Waals surface area (Å²) in [5, 5.41) is 4.37. The molecule has 0 atom stereocenters. The van der Waals surface area contributed by atoms with Crippen LogP contribution in [-0.4, -0.2) is 23.0 Å². The first-order valence-corrected chi connectivity index (χ1v) is 6.83. The smallest absolute Gasteiger partial charge is 0.136 e. The van der Waals surface area contributed by atoms with Crippen molar-refractivity contribution in [3.63, 3.8) is 0 Å². The van der Waals surface area contributed by atoms with Crippen LogP contribution >= 0.6 is 0 Å². The van der Waals surface area contributed by atoms with Gasteiger partial charge in [-0.05, 0) is 31.9 Å². The number of nitrogens with zero attached hydrogens (tertiary/aromatic N) is 2. The molecule has 3 rings (SSSR count). The van der Waals surface area contributed by atoms with Crippen molar-refractivity contribution >= 4 is 5.69 Å². The summed E-state index contributed by atoms with van der Waals surface area (Å²) in [6.07, 6.45) is 5.52. The summed E-state index contributed by atoms with van der Waals surface area (Å²) in [6, 6.07) is 3.79. The number of hydrogen-bond acceptors (Lipinski definition) is 3. The second-order valence-corrected chi connectivity index (χ2v) is 5.19. The largest absolute Gasteiger partial charge is 0.398 e. The summed E-state index contributed by atoms with van der Waals surface area (Å²) in [7, 11) is 0. The lowest BCUT2D eigenvalue weighted by Crippen LogP contribution is -2.19. The van der Waals surface area contributed by atoms with Crippen molar-refractivity contribution < 1.29 is 9.13 Å². The predicted molar refractivity (Wildman–Crippen MR) is 75.9 cm³/mol. The van der Waals surface area contributed by atoms with E-state index in [4.69, 9.17) is 10.5 Å². The van der Waals surface area contributed by atoms with Crippen LogP contribution in [0, 0.1) is 12.7 Å². The number of ether oxygens (including phenoxy) is 1. The van der Waals surface area contributed by atoms with Gasteiger partial charge < -0.3 is 10.5 Å². The Morgan fingerprint density at radius 1 is 1.35 bits per heavy atom. The van der Waals surface area contributed by atoms with Gasteiger partial charge in [-0.2, -0.15) is 5.10 Å². The van der Waals surface area contributed by atoms with Gasteiger partial charge in [-0.1, -0.05) is 0 Å². The number of hydrogen-bond donors (Lipinski definition) is 1. The van der Waals surface area contributed by atoms with Gasteiger partial charge in [0, 0.05) is 41.8 Å². The molecule has 2 N–H and O–H groups in total. The number of nitrogen functional groups attached to an aromatic ring is 1. The van der Waals surface area contributed by atoms with Crippen LogP contribution in [-0.2, 0) is 4.74 Å². The molecular weight excluding hydrogens is 257 g/mol. The van der Waals surface area contributed by atoms with Crippen molar-refractivity contribution in [2.45, 2.75) is 25.8 Å². The molecule has 0 saturated carbocycles.